The van der Waals surface area contributed by atoms with E-state index in [-0.39, 0.29) is 17.4 Å². The van der Waals surface area contributed by atoms with Crippen LogP contribution >= 0.6 is 0 Å². The van der Waals surface area contributed by atoms with Crippen molar-refractivity contribution in [2.45, 2.75) is 0 Å². The van der Waals surface area contributed by atoms with Crippen LogP contribution in [0.3, 0.4) is 0 Å². The van der Waals surface area contributed by atoms with Gasteiger partial charge in [-0.3, -0.25) is 4.79 Å². The second-order valence-electron chi connectivity index (χ2n) is 3.97. The second-order valence-corrected chi connectivity index (χ2v) is 3.97. The van der Waals surface area contributed by atoms with Gasteiger partial charge in [0, 0.05) is 6.07 Å². The number of nitrogens with two attached hydrogens (primary N) is 1. The lowest BCUT2D eigenvalue weighted by Crippen LogP contribution is -2.15. The van der Waals surface area contributed by atoms with Crippen molar-refractivity contribution in [2.24, 2.45) is 0 Å². The Morgan fingerprint density at radius 3 is 2.65 bits per heavy atom. The van der Waals surface area contributed by atoms with Gasteiger partial charge in [0.25, 0.3) is 5.91 Å². The molecule has 1 heterocycles. The first kappa shape index (κ1) is 13.7. The minimum atomic E-state index is -0.371. The molecule has 0 aliphatic heterocycles. The van der Waals surface area contributed by atoms with E-state index in [4.69, 9.17) is 15.2 Å². The van der Waals surface area contributed by atoms with E-state index >= 15 is 0 Å². The van der Waals surface area contributed by atoms with E-state index in [9.17, 15) is 4.79 Å². The third-order valence-corrected chi connectivity index (χ3v) is 2.66. The third kappa shape index (κ3) is 2.97. The summed E-state index contributed by atoms with van der Waals surface area (Å²) in [6, 6.07) is 9.98. The Kier molecular flexibility index (Phi) is 4.05. The summed E-state index contributed by atoms with van der Waals surface area (Å²) >= 11 is 0. The van der Waals surface area contributed by atoms with Gasteiger partial charge in [-0.25, -0.2) is 4.98 Å². The van der Waals surface area contributed by atoms with Crippen LogP contribution in [0.5, 0.6) is 11.5 Å². The molecule has 1 aromatic heterocycles. The highest BCUT2D eigenvalue weighted by Gasteiger charge is 2.12. The van der Waals surface area contributed by atoms with Gasteiger partial charge >= 0.3 is 0 Å². The number of anilines is 2. The van der Waals surface area contributed by atoms with Crippen molar-refractivity contribution in [1.29, 1.82) is 0 Å². The third-order valence-electron chi connectivity index (χ3n) is 2.66. The van der Waals surface area contributed by atoms with Crippen molar-refractivity contribution >= 4 is 17.4 Å². The Labute approximate surface area is 116 Å². The fraction of sp³-hybridized carbons (Fsp3) is 0.143. The normalized spacial score (nSPS) is 9.90. The van der Waals surface area contributed by atoms with Gasteiger partial charge in [0.15, 0.2) is 0 Å². The van der Waals surface area contributed by atoms with Gasteiger partial charge in [0.1, 0.15) is 23.0 Å². The molecule has 0 atom stereocenters. The average Bonchev–Trinajstić information content (AvgIpc) is 2.47. The largest absolute Gasteiger partial charge is 0.497 e. The van der Waals surface area contributed by atoms with Gasteiger partial charge in [0.05, 0.1) is 19.9 Å². The van der Waals surface area contributed by atoms with Gasteiger partial charge in [-0.15, -0.1) is 0 Å². The molecular weight excluding hydrogens is 258 g/mol. The highest BCUT2D eigenvalue weighted by Crippen LogP contribution is 2.29. The molecule has 0 fully saturated rings. The molecule has 0 radical (unpaired) electrons. The number of nitrogens with one attached hydrogen (secondary N) is 1. The summed E-state index contributed by atoms with van der Waals surface area (Å²) in [5, 5.41) is 2.72. The van der Waals surface area contributed by atoms with Gasteiger partial charge in [-0.1, -0.05) is 6.07 Å². The predicted molar refractivity (Wildman–Crippen MR) is 76.1 cm³/mol. The molecule has 3 N–H and O–H groups in total. The van der Waals surface area contributed by atoms with E-state index in [0.717, 1.165) is 0 Å². The standard InChI is InChI=1S/C14H15N3O3/c1-19-9-6-7-12(20-2)11(8-9)17-14(18)10-4-3-5-13(15)16-10/h3-8H,1-2H3,(H2,15,16)(H,17,18). The van der Waals surface area contributed by atoms with Crippen molar-refractivity contribution in [3.05, 3.63) is 42.1 Å². The number of hydrogen-bond acceptors (Lipinski definition) is 5. The number of nitrogens with zero attached hydrogens (tertiary/aromatic N) is 1. The molecule has 0 bridgehead atoms. The predicted octanol–water partition coefficient (Wildman–Crippen LogP) is 1.93. The van der Waals surface area contributed by atoms with Crippen LogP contribution in [0.2, 0.25) is 0 Å². The van der Waals surface area contributed by atoms with Crippen LogP contribution in [0.25, 0.3) is 0 Å². The quantitative estimate of drug-likeness (QED) is 0.889. The molecule has 1 amide bonds. The van der Waals surface area contributed by atoms with Gasteiger partial charge in [-0.2, -0.15) is 0 Å². The summed E-state index contributed by atoms with van der Waals surface area (Å²) in [5.74, 6) is 1.06. The summed E-state index contributed by atoms with van der Waals surface area (Å²) in [6.45, 7) is 0. The fourth-order valence-electron chi connectivity index (χ4n) is 1.68. The first-order chi connectivity index (χ1) is 9.63. The highest BCUT2D eigenvalue weighted by molar-refractivity contribution is 6.04. The maximum atomic E-state index is 12.1. The summed E-state index contributed by atoms with van der Waals surface area (Å²) in [6.07, 6.45) is 0. The van der Waals surface area contributed by atoms with Crippen LogP contribution in [0.1, 0.15) is 10.5 Å². The zero-order valence-electron chi connectivity index (χ0n) is 11.2. The monoisotopic (exact) mass is 273 g/mol. The molecular formula is C14H15N3O3. The molecule has 104 valence electrons. The maximum absolute atomic E-state index is 12.1. The van der Waals surface area contributed by atoms with Gasteiger partial charge in [0.2, 0.25) is 0 Å². The molecule has 0 aliphatic rings. The number of hydrogen-bond donors (Lipinski definition) is 2. The number of aromatic nitrogens is 1. The minimum absolute atomic E-state index is 0.231. The van der Waals surface area contributed by atoms with Crippen LogP contribution in [-0.2, 0) is 0 Å². The zero-order chi connectivity index (χ0) is 14.5. The number of nitrogen functional groups attached to an aromatic ring is 1. The molecule has 0 saturated carbocycles. The topological polar surface area (TPSA) is 86.5 Å². The maximum Gasteiger partial charge on any atom is 0.274 e. The molecule has 20 heavy (non-hydrogen) atoms. The van der Waals surface area contributed by atoms with E-state index in [0.29, 0.717) is 17.2 Å². The van der Waals surface area contributed by atoms with Crippen LogP contribution < -0.4 is 20.5 Å². The second kappa shape index (κ2) is 5.92. The SMILES string of the molecule is COc1ccc(OC)c(NC(=O)c2cccc(N)n2)c1. The number of carbonyl (C=O) groups excluding carboxylic acids is 1. The Balaban J connectivity index is 2.27. The number of benzene rings is 1. The first-order valence-electron chi connectivity index (χ1n) is 5.90. The fourth-order valence-corrected chi connectivity index (χ4v) is 1.68. The van der Waals surface area contributed by atoms with Crippen LogP contribution in [0, 0.1) is 0 Å². The Hall–Kier alpha value is -2.76. The molecule has 2 rings (SSSR count). The molecule has 0 saturated heterocycles. The summed E-state index contributed by atoms with van der Waals surface area (Å²) < 4.78 is 10.3. The molecule has 0 unspecified atom stereocenters. The number of amides is 1. The summed E-state index contributed by atoms with van der Waals surface area (Å²) in [5.41, 5.74) is 6.29. The molecule has 0 spiro atoms. The lowest BCUT2D eigenvalue weighted by Gasteiger charge is -2.11. The van der Waals surface area contributed by atoms with Crippen molar-refractivity contribution in [3.63, 3.8) is 0 Å². The van der Waals surface area contributed by atoms with Crippen molar-refractivity contribution in [1.82, 2.24) is 4.98 Å². The average molecular weight is 273 g/mol. The van der Waals surface area contributed by atoms with E-state index in [1.54, 1.807) is 43.5 Å². The number of carbonyl (C=O) groups is 1. The summed E-state index contributed by atoms with van der Waals surface area (Å²) in [4.78, 5) is 16.1. The van der Waals surface area contributed by atoms with Gasteiger partial charge < -0.3 is 20.5 Å². The van der Waals surface area contributed by atoms with E-state index < -0.39 is 0 Å². The number of rotatable bonds is 4. The number of ether oxygens (including phenoxy) is 2. The van der Waals surface area contributed by atoms with Crippen molar-refractivity contribution in [2.75, 3.05) is 25.3 Å². The molecule has 0 aliphatic carbocycles. The van der Waals surface area contributed by atoms with Crippen molar-refractivity contribution < 1.29 is 14.3 Å². The van der Waals surface area contributed by atoms with Gasteiger partial charge in [-0.05, 0) is 24.3 Å². The molecule has 2 aromatic rings. The summed E-state index contributed by atoms with van der Waals surface area (Å²) in [7, 11) is 3.07. The molecule has 6 nitrogen and oxygen atoms in total. The Morgan fingerprint density at radius 2 is 2.00 bits per heavy atom. The highest BCUT2D eigenvalue weighted by atomic mass is 16.5. The van der Waals surface area contributed by atoms with E-state index in [1.807, 2.05) is 0 Å². The smallest absolute Gasteiger partial charge is 0.274 e. The lowest BCUT2D eigenvalue weighted by atomic mass is 10.2. The zero-order valence-corrected chi connectivity index (χ0v) is 11.2. The van der Waals surface area contributed by atoms with Crippen LogP contribution in [-0.4, -0.2) is 25.1 Å². The van der Waals surface area contributed by atoms with Crippen LogP contribution in [0.15, 0.2) is 36.4 Å². The lowest BCUT2D eigenvalue weighted by molar-refractivity contribution is 0.102. The Bertz CT molecular complexity index is 629. The number of methoxy groups -OCH3 is 2. The van der Waals surface area contributed by atoms with Crippen LogP contribution in [0.4, 0.5) is 11.5 Å². The first-order valence-corrected chi connectivity index (χ1v) is 5.90. The van der Waals surface area contributed by atoms with E-state index in [2.05, 4.69) is 10.3 Å². The Morgan fingerprint density at radius 1 is 1.20 bits per heavy atom. The minimum Gasteiger partial charge on any atom is -0.497 e. The van der Waals surface area contributed by atoms with Crippen molar-refractivity contribution in [3.8, 4) is 11.5 Å². The molecule has 1 aromatic carbocycles. The number of pyridine rings is 1. The molecule has 6 heteroatoms. The van der Waals surface area contributed by atoms with E-state index in [1.165, 1.54) is 7.11 Å².